The molecule has 2 aromatic carbocycles. The number of hydrogen-bond acceptors (Lipinski definition) is 4. The summed E-state index contributed by atoms with van der Waals surface area (Å²) < 4.78 is 40.3. The molecule has 0 amide bonds. The Bertz CT molecular complexity index is 820. The summed E-state index contributed by atoms with van der Waals surface area (Å²) in [6.07, 6.45) is 0. The highest BCUT2D eigenvalue weighted by Crippen LogP contribution is 2.25. The highest BCUT2D eigenvalue weighted by atomic mass is 127. The zero-order valence-electron chi connectivity index (χ0n) is 16.8. The predicted octanol–water partition coefficient (Wildman–Crippen LogP) is 4.10. The third-order valence-corrected chi connectivity index (χ3v) is 4.09. The molecule has 0 heterocycles. The highest BCUT2D eigenvalue weighted by molar-refractivity contribution is 14.0. The van der Waals surface area contributed by atoms with Gasteiger partial charge in [0.05, 0.1) is 14.2 Å². The fourth-order valence-electron chi connectivity index (χ4n) is 2.59. The molecule has 9 heteroatoms. The molecule has 0 saturated heterocycles. The van der Waals surface area contributed by atoms with E-state index < -0.39 is 6.61 Å². The number of methoxy groups -OCH3 is 2. The fourth-order valence-corrected chi connectivity index (χ4v) is 2.59. The molecule has 0 aliphatic carbocycles. The van der Waals surface area contributed by atoms with Crippen molar-refractivity contribution in [3.63, 3.8) is 0 Å². The van der Waals surface area contributed by atoms with E-state index in [4.69, 9.17) is 9.47 Å². The van der Waals surface area contributed by atoms with Crippen LogP contribution < -0.4 is 24.8 Å². The lowest BCUT2D eigenvalue weighted by Crippen LogP contribution is -2.36. The number of hydrogen-bond donors (Lipinski definition) is 2. The Hall–Kier alpha value is -2.30. The third kappa shape index (κ3) is 7.56. The van der Waals surface area contributed by atoms with Gasteiger partial charge < -0.3 is 24.8 Å². The van der Waals surface area contributed by atoms with Gasteiger partial charge in [0.1, 0.15) is 17.2 Å². The maximum absolute atomic E-state index is 12.6. The van der Waals surface area contributed by atoms with Crippen molar-refractivity contribution in [3.8, 4) is 17.2 Å². The maximum Gasteiger partial charge on any atom is 0.387 e. The van der Waals surface area contributed by atoms with Crippen LogP contribution in [0.25, 0.3) is 0 Å². The maximum atomic E-state index is 12.6. The largest absolute Gasteiger partial charge is 0.497 e. The van der Waals surface area contributed by atoms with E-state index >= 15 is 0 Å². The van der Waals surface area contributed by atoms with Crippen molar-refractivity contribution in [2.24, 2.45) is 4.99 Å². The van der Waals surface area contributed by atoms with E-state index in [1.807, 2.05) is 25.1 Å². The average Bonchev–Trinajstić information content (AvgIpc) is 2.69. The zero-order chi connectivity index (χ0) is 20.5. The predicted molar refractivity (Wildman–Crippen MR) is 120 cm³/mol. The number of ether oxygens (including phenoxy) is 3. The summed E-state index contributed by atoms with van der Waals surface area (Å²) in [4.78, 5) is 4.15. The normalized spacial score (nSPS) is 10.9. The summed E-state index contributed by atoms with van der Waals surface area (Å²) in [7, 11) is 4.77. The van der Waals surface area contributed by atoms with Gasteiger partial charge in [-0.1, -0.05) is 12.1 Å². The number of benzene rings is 2. The van der Waals surface area contributed by atoms with Crippen molar-refractivity contribution < 1.29 is 23.0 Å². The first-order chi connectivity index (χ1) is 13.5. The van der Waals surface area contributed by atoms with E-state index in [1.54, 1.807) is 26.3 Å². The van der Waals surface area contributed by atoms with Crippen molar-refractivity contribution in [2.45, 2.75) is 26.6 Å². The molecule has 0 radical (unpaired) electrons. The van der Waals surface area contributed by atoms with E-state index in [9.17, 15) is 8.78 Å². The Morgan fingerprint density at radius 3 is 2.34 bits per heavy atom. The zero-order valence-corrected chi connectivity index (χ0v) is 19.1. The van der Waals surface area contributed by atoms with Gasteiger partial charge in [-0.2, -0.15) is 8.78 Å². The second-order valence-corrected chi connectivity index (χ2v) is 5.94. The van der Waals surface area contributed by atoms with Crippen LogP contribution in [0.4, 0.5) is 8.78 Å². The molecule has 2 N–H and O–H groups in total. The van der Waals surface area contributed by atoms with Crippen LogP contribution in [0.5, 0.6) is 17.2 Å². The van der Waals surface area contributed by atoms with Crippen molar-refractivity contribution in [2.75, 3.05) is 21.3 Å². The standard InChI is InChI=1S/C20H25F2N3O3.HI/c1-13-5-6-14(9-18(13)27-4)11-24-20(23-2)25-12-15-10-16(26-3)7-8-17(15)28-19(21)22;/h5-10,19H,11-12H2,1-4H3,(H2,23,24,25);1H. The summed E-state index contributed by atoms with van der Waals surface area (Å²) >= 11 is 0. The van der Waals surface area contributed by atoms with Crippen molar-refractivity contribution in [1.29, 1.82) is 0 Å². The molecule has 0 aliphatic heterocycles. The Morgan fingerprint density at radius 2 is 1.72 bits per heavy atom. The van der Waals surface area contributed by atoms with Crippen LogP contribution in [0.3, 0.4) is 0 Å². The van der Waals surface area contributed by atoms with Crippen molar-refractivity contribution >= 4 is 29.9 Å². The molecule has 0 saturated carbocycles. The lowest BCUT2D eigenvalue weighted by Gasteiger charge is -2.16. The van der Waals surface area contributed by atoms with Gasteiger partial charge in [0.15, 0.2) is 5.96 Å². The Balaban J connectivity index is 0.00000420. The summed E-state index contributed by atoms with van der Waals surface area (Å²) in [5, 5.41) is 6.27. The lowest BCUT2D eigenvalue weighted by atomic mass is 10.1. The Labute approximate surface area is 186 Å². The minimum Gasteiger partial charge on any atom is -0.497 e. The summed E-state index contributed by atoms with van der Waals surface area (Å²) in [5.74, 6) is 1.97. The molecule has 160 valence electrons. The molecular weight excluding hydrogens is 495 g/mol. The number of nitrogens with zero attached hydrogens (tertiary/aromatic N) is 1. The van der Waals surface area contributed by atoms with E-state index in [2.05, 4.69) is 20.4 Å². The van der Waals surface area contributed by atoms with Crippen molar-refractivity contribution in [1.82, 2.24) is 10.6 Å². The van der Waals surface area contributed by atoms with Crippen LogP contribution in [0.1, 0.15) is 16.7 Å². The number of rotatable bonds is 8. The van der Waals surface area contributed by atoms with E-state index in [1.165, 1.54) is 13.2 Å². The highest BCUT2D eigenvalue weighted by Gasteiger charge is 2.12. The molecule has 0 atom stereocenters. The molecule has 0 spiro atoms. The lowest BCUT2D eigenvalue weighted by molar-refractivity contribution is -0.0504. The number of guanidine groups is 1. The first-order valence-corrected chi connectivity index (χ1v) is 8.66. The number of nitrogens with one attached hydrogen (secondary N) is 2. The number of halogens is 3. The second kappa shape index (κ2) is 12.3. The minimum absolute atomic E-state index is 0. The van der Waals surface area contributed by atoms with Gasteiger partial charge in [0.2, 0.25) is 0 Å². The molecule has 0 fully saturated rings. The smallest absolute Gasteiger partial charge is 0.387 e. The quantitative estimate of drug-likeness (QED) is 0.311. The molecule has 29 heavy (non-hydrogen) atoms. The summed E-state index contributed by atoms with van der Waals surface area (Å²) in [6, 6.07) is 10.6. The van der Waals surface area contributed by atoms with Crippen molar-refractivity contribution in [3.05, 3.63) is 53.1 Å². The first-order valence-electron chi connectivity index (χ1n) is 8.66. The Morgan fingerprint density at radius 1 is 1.00 bits per heavy atom. The third-order valence-electron chi connectivity index (χ3n) is 4.09. The fraction of sp³-hybridized carbons (Fsp3) is 0.350. The monoisotopic (exact) mass is 521 g/mol. The van der Waals surface area contributed by atoms with E-state index in [0.29, 0.717) is 23.8 Å². The molecule has 2 aromatic rings. The van der Waals surface area contributed by atoms with Gasteiger partial charge in [0.25, 0.3) is 0 Å². The number of alkyl halides is 2. The van der Waals surface area contributed by atoms with E-state index in [0.717, 1.165) is 16.9 Å². The molecule has 2 rings (SSSR count). The molecule has 0 aromatic heterocycles. The van der Waals surface area contributed by atoms with Crippen LogP contribution in [0, 0.1) is 6.92 Å². The van der Waals surface area contributed by atoms with Crippen LogP contribution in [0.2, 0.25) is 0 Å². The molecule has 0 unspecified atom stereocenters. The topological polar surface area (TPSA) is 64.1 Å². The summed E-state index contributed by atoms with van der Waals surface area (Å²) in [6.45, 7) is -0.171. The minimum atomic E-state index is -2.90. The molecule has 0 aliphatic rings. The summed E-state index contributed by atoms with van der Waals surface area (Å²) in [5.41, 5.74) is 2.60. The number of aliphatic imine (C=N–C) groups is 1. The Kier molecular flexibility index (Phi) is 10.5. The second-order valence-electron chi connectivity index (χ2n) is 5.94. The van der Waals surface area contributed by atoms with E-state index in [-0.39, 0.29) is 36.3 Å². The van der Waals surface area contributed by atoms with Crippen LogP contribution in [-0.2, 0) is 13.1 Å². The molecular formula is C20H26F2IN3O3. The van der Waals surface area contributed by atoms with Gasteiger partial charge in [-0.15, -0.1) is 24.0 Å². The average molecular weight is 521 g/mol. The number of aryl methyl sites for hydroxylation is 1. The SMILES string of the molecule is CN=C(NCc1ccc(C)c(OC)c1)NCc1cc(OC)ccc1OC(F)F.I. The van der Waals surface area contributed by atoms with Crippen LogP contribution in [-0.4, -0.2) is 33.8 Å². The van der Waals surface area contributed by atoms with Gasteiger partial charge in [-0.25, -0.2) is 0 Å². The van der Waals surface area contributed by atoms with Gasteiger partial charge >= 0.3 is 6.61 Å². The van der Waals surface area contributed by atoms with Crippen LogP contribution >= 0.6 is 24.0 Å². The van der Waals surface area contributed by atoms with Gasteiger partial charge in [-0.05, 0) is 42.3 Å². The van der Waals surface area contributed by atoms with Gasteiger partial charge in [0, 0.05) is 25.7 Å². The van der Waals surface area contributed by atoms with Crippen LogP contribution in [0.15, 0.2) is 41.4 Å². The first kappa shape index (κ1) is 24.7. The molecule has 0 bridgehead atoms. The van der Waals surface area contributed by atoms with Gasteiger partial charge in [-0.3, -0.25) is 4.99 Å². The molecule has 6 nitrogen and oxygen atoms in total.